The lowest BCUT2D eigenvalue weighted by atomic mass is 10.1. The van der Waals surface area contributed by atoms with E-state index in [1.54, 1.807) is 30.6 Å². The molecule has 3 aromatic rings. The Bertz CT molecular complexity index is 825. The monoisotopic (exact) mass is 466 g/mol. The van der Waals surface area contributed by atoms with E-state index in [-0.39, 0.29) is 24.0 Å². The molecule has 0 fully saturated rings. The molecule has 1 aromatic carbocycles. The van der Waals surface area contributed by atoms with E-state index in [4.69, 9.17) is 0 Å². The number of aromatic nitrogens is 5. The fourth-order valence-electron chi connectivity index (χ4n) is 2.49. The van der Waals surface area contributed by atoms with E-state index >= 15 is 0 Å². The topological polar surface area (TPSA) is 84.9 Å². The van der Waals surface area contributed by atoms with E-state index in [0.717, 1.165) is 11.7 Å². The maximum Gasteiger partial charge on any atom is 0.191 e. The average Bonchev–Trinajstić information content (AvgIpc) is 3.27. The molecule has 8 nitrogen and oxygen atoms in total. The Morgan fingerprint density at radius 1 is 1.12 bits per heavy atom. The van der Waals surface area contributed by atoms with Crippen molar-refractivity contribution >= 4 is 29.9 Å². The van der Waals surface area contributed by atoms with Gasteiger partial charge in [-0.05, 0) is 17.2 Å². The summed E-state index contributed by atoms with van der Waals surface area (Å²) in [4.78, 5) is 8.23. The minimum Gasteiger partial charge on any atom is -0.352 e. The summed E-state index contributed by atoms with van der Waals surface area (Å²) in [7, 11) is 3.69. The van der Waals surface area contributed by atoms with Crippen molar-refractivity contribution in [3.8, 4) is 0 Å². The zero-order valence-corrected chi connectivity index (χ0v) is 17.2. The molecular formula is C17H23IN8. The van der Waals surface area contributed by atoms with Crippen LogP contribution in [0.3, 0.4) is 0 Å². The molecule has 2 aromatic heterocycles. The molecule has 0 aliphatic rings. The van der Waals surface area contributed by atoms with Crippen LogP contribution in [0, 0.1) is 0 Å². The lowest BCUT2D eigenvalue weighted by molar-refractivity contribution is 0.681. The highest BCUT2D eigenvalue weighted by Gasteiger charge is 2.03. The van der Waals surface area contributed by atoms with Crippen LogP contribution in [0.25, 0.3) is 0 Å². The first kappa shape index (κ1) is 19.9. The number of hydrogen-bond acceptors (Lipinski definition) is 4. The van der Waals surface area contributed by atoms with Crippen LogP contribution in [0.15, 0.2) is 54.2 Å². The molecule has 9 heteroatoms. The number of rotatable bonds is 6. The van der Waals surface area contributed by atoms with Crippen LogP contribution < -0.4 is 10.6 Å². The first-order chi connectivity index (χ1) is 12.2. The Morgan fingerprint density at radius 3 is 2.62 bits per heavy atom. The molecule has 2 heterocycles. The van der Waals surface area contributed by atoms with E-state index < -0.39 is 0 Å². The molecule has 0 aliphatic heterocycles. The lowest BCUT2D eigenvalue weighted by Crippen LogP contribution is -2.36. The summed E-state index contributed by atoms with van der Waals surface area (Å²) in [5.74, 6) is 0.753. The van der Waals surface area contributed by atoms with E-state index in [9.17, 15) is 0 Å². The molecule has 0 aliphatic carbocycles. The van der Waals surface area contributed by atoms with Crippen LogP contribution in [0.5, 0.6) is 0 Å². The van der Waals surface area contributed by atoms with Gasteiger partial charge in [-0.15, -0.1) is 24.0 Å². The third kappa shape index (κ3) is 5.55. The minimum atomic E-state index is 0. The summed E-state index contributed by atoms with van der Waals surface area (Å²) in [5.41, 5.74) is 3.46. The number of nitrogens with zero attached hydrogens (tertiary/aromatic N) is 6. The first-order valence-corrected chi connectivity index (χ1v) is 8.06. The SMILES string of the molecule is CN=C(NCc1cccc(Cn2cncn2)c1)NCc1ccnn1C.I. The molecule has 0 radical (unpaired) electrons. The number of benzene rings is 1. The van der Waals surface area contributed by atoms with Gasteiger partial charge in [0.1, 0.15) is 12.7 Å². The standard InChI is InChI=1S/C17H22N8.HI/c1-18-17(21-10-16-6-7-22-24(16)2)20-9-14-4-3-5-15(8-14)11-25-13-19-12-23-25;/h3-8,12-13H,9-11H2,1-2H3,(H2,18,20,21);1H. The van der Waals surface area contributed by atoms with Gasteiger partial charge in [-0.25, -0.2) is 9.67 Å². The number of aryl methyl sites for hydroxylation is 1. The number of nitrogens with one attached hydrogen (secondary N) is 2. The Hall–Kier alpha value is -2.43. The fraction of sp³-hybridized carbons (Fsp3) is 0.294. The van der Waals surface area contributed by atoms with Crippen LogP contribution in [-0.2, 0) is 26.7 Å². The van der Waals surface area contributed by atoms with Crippen molar-refractivity contribution in [1.82, 2.24) is 35.2 Å². The average molecular weight is 466 g/mol. The van der Waals surface area contributed by atoms with Crippen molar-refractivity contribution in [2.45, 2.75) is 19.6 Å². The van der Waals surface area contributed by atoms with Gasteiger partial charge in [0.25, 0.3) is 0 Å². The van der Waals surface area contributed by atoms with Crippen molar-refractivity contribution in [2.75, 3.05) is 7.05 Å². The second kappa shape index (κ2) is 9.90. The molecule has 0 bridgehead atoms. The van der Waals surface area contributed by atoms with Gasteiger partial charge in [0.2, 0.25) is 0 Å². The van der Waals surface area contributed by atoms with Gasteiger partial charge in [-0.3, -0.25) is 9.67 Å². The van der Waals surface area contributed by atoms with Gasteiger partial charge in [-0.2, -0.15) is 10.2 Å². The van der Waals surface area contributed by atoms with Crippen LogP contribution >= 0.6 is 24.0 Å². The molecule has 138 valence electrons. The lowest BCUT2D eigenvalue weighted by Gasteiger charge is -2.12. The second-order valence-corrected chi connectivity index (χ2v) is 5.64. The molecule has 0 amide bonds. The first-order valence-electron chi connectivity index (χ1n) is 8.06. The number of guanidine groups is 1. The Balaban J connectivity index is 0.00000243. The predicted molar refractivity (Wildman–Crippen MR) is 111 cm³/mol. The van der Waals surface area contributed by atoms with Crippen molar-refractivity contribution in [2.24, 2.45) is 12.0 Å². The van der Waals surface area contributed by atoms with Gasteiger partial charge >= 0.3 is 0 Å². The van der Waals surface area contributed by atoms with E-state index in [1.165, 1.54) is 11.1 Å². The Morgan fingerprint density at radius 2 is 1.92 bits per heavy atom. The van der Waals surface area contributed by atoms with Gasteiger partial charge in [0.05, 0.1) is 18.8 Å². The maximum atomic E-state index is 4.26. The van der Waals surface area contributed by atoms with Crippen LogP contribution in [0.1, 0.15) is 16.8 Å². The summed E-state index contributed by atoms with van der Waals surface area (Å²) < 4.78 is 3.65. The summed E-state index contributed by atoms with van der Waals surface area (Å²) in [6.07, 6.45) is 5.05. The Kier molecular flexibility index (Phi) is 7.57. The van der Waals surface area contributed by atoms with Gasteiger partial charge < -0.3 is 10.6 Å². The summed E-state index contributed by atoms with van der Waals surface area (Å²) in [6, 6.07) is 10.4. The van der Waals surface area contributed by atoms with E-state index in [1.807, 2.05) is 17.8 Å². The van der Waals surface area contributed by atoms with Crippen molar-refractivity contribution in [1.29, 1.82) is 0 Å². The summed E-state index contributed by atoms with van der Waals surface area (Å²) >= 11 is 0. The minimum absolute atomic E-state index is 0. The highest BCUT2D eigenvalue weighted by Crippen LogP contribution is 2.06. The molecule has 26 heavy (non-hydrogen) atoms. The molecule has 3 rings (SSSR count). The Labute approximate surface area is 169 Å². The molecule has 0 atom stereocenters. The normalized spacial score (nSPS) is 11.1. The maximum absolute atomic E-state index is 4.26. The molecule has 2 N–H and O–H groups in total. The quantitative estimate of drug-likeness (QED) is 0.327. The summed E-state index contributed by atoms with van der Waals surface area (Å²) in [6.45, 7) is 2.07. The fourth-order valence-corrected chi connectivity index (χ4v) is 2.49. The largest absolute Gasteiger partial charge is 0.352 e. The zero-order chi connectivity index (χ0) is 17.5. The van der Waals surface area contributed by atoms with Crippen LogP contribution in [-0.4, -0.2) is 37.6 Å². The highest BCUT2D eigenvalue weighted by molar-refractivity contribution is 14.0. The smallest absolute Gasteiger partial charge is 0.191 e. The third-order valence-electron chi connectivity index (χ3n) is 3.85. The van der Waals surface area contributed by atoms with Crippen LogP contribution in [0.2, 0.25) is 0 Å². The summed E-state index contributed by atoms with van der Waals surface area (Å²) in [5, 5.41) is 14.9. The molecular weight excluding hydrogens is 443 g/mol. The zero-order valence-electron chi connectivity index (χ0n) is 14.8. The molecule has 0 unspecified atom stereocenters. The molecule has 0 saturated heterocycles. The van der Waals surface area contributed by atoms with E-state index in [2.05, 4.69) is 55.1 Å². The number of halogens is 1. The van der Waals surface area contributed by atoms with Crippen molar-refractivity contribution in [3.63, 3.8) is 0 Å². The highest BCUT2D eigenvalue weighted by atomic mass is 127. The van der Waals surface area contributed by atoms with E-state index in [0.29, 0.717) is 19.6 Å². The molecule has 0 saturated carbocycles. The predicted octanol–water partition coefficient (Wildman–Crippen LogP) is 1.54. The van der Waals surface area contributed by atoms with Crippen LogP contribution in [0.4, 0.5) is 0 Å². The van der Waals surface area contributed by atoms with Gasteiger partial charge in [0, 0.05) is 26.8 Å². The van der Waals surface area contributed by atoms with Gasteiger partial charge in [-0.1, -0.05) is 24.3 Å². The van der Waals surface area contributed by atoms with Gasteiger partial charge in [0.15, 0.2) is 5.96 Å². The number of hydrogen-bond donors (Lipinski definition) is 2. The van der Waals surface area contributed by atoms with Crippen molar-refractivity contribution < 1.29 is 0 Å². The second-order valence-electron chi connectivity index (χ2n) is 5.64. The third-order valence-corrected chi connectivity index (χ3v) is 3.85. The number of aliphatic imine (C=N–C) groups is 1. The van der Waals surface area contributed by atoms with Crippen molar-refractivity contribution in [3.05, 3.63) is 66.0 Å². The molecule has 0 spiro atoms.